The quantitative estimate of drug-likeness (QED) is 0.740. The fourth-order valence-corrected chi connectivity index (χ4v) is 3.49. The molecule has 148 valence electrons. The second kappa shape index (κ2) is 7.87. The first-order valence-corrected chi connectivity index (χ1v) is 9.32. The molecule has 1 aromatic heterocycles. The molecule has 2 aromatic carbocycles. The van der Waals surface area contributed by atoms with E-state index in [4.69, 9.17) is 4.74 Å². The summed E-state index contributed by atoms with van der Waals surface area (Å²) in [5.41, 5.74) is 2.22. The van der Waals surface area contributed by atoms with Gasteiger partial charge in [-0.1, -0.05) is 12.1 Å². The van der Waals surface area contributed by atoms with E-state index in [-0.39, 0.29) is 23.8 Å². The summed E-state index contributed by atoms with van der Waals surface area (Å²) in [7, 11) is 1.57. The second-order valence-corrected chi connectivity index (χ2v) is 6.95. The number of hydrogen-bond donors (Lipinski definition) is 1. The number of carbonyl (C=O) groups is 1. The summed E-state index contributed by atoms with van der Waals surface area (Å²) >= 11 is 0. The molecule has 0 aliphatic carbocycles. The summed E-state index contributed by atoms with van der Waals surface area (Å²) < 4.78 is 18.5. The Balaban J connectivity index is 1.53. The molecule has 3 aromatic rings. The van der Waals surface area contributed by atoms with Crippen LogP contribution in [0.5, 0.6) is 5.75 Å². The number of benzene rings is 2. The maximum atomic E-state index is 13.4. The third-order valence-electron chi connectivity index (χ3n) is 5.00. The summed E-state index contributed by atoms with van der Waals surface area (Å²) in [6.07, 6.45) is 0.839. The molecule has 0 fully saturated rings. The number of nitrogens with one attached hydrogen (secondary N) is 1. The molecule has 6 nitrogen and oxygen atoms in total. The number of hydrogen-bond acceptors (Lipinski definition) is 4. The molecule has 1 amide bonds. The largest absolute Gasteiger partial charge is 0.497 e. The first-order valence-electron chi connectivity index (χ1n) is 9.32. The van der Waals surface area contributed by atoms with Crippen LogP contribution in [0.25, 0.3) is 0 Å². The Bertz CT molecular complexity index is 1110. The first kappa shape index (κ1) is 18.9. The van der Waals surface area contributed by atoms with Gasteiger partial charge in [-0.25, -0.2) is 9.37 Å². The van der Waals surface area contributed by atoms with Crippen LogP contribution in [0.4, 0.5) is 4.39 Å². The molecule has 0 saturated carbocycles. The van der Waals surface area contributed by atoms with Crippen LogP contribution >= 0.6 is 0 Å². The van der Waals surface area contributed by atoms with Gasteiger partial charge in [0.1, 0.15) is 17.4 Å². The molecular formula is C22H20FN3O3. The van der Waals surface area contributed by atoms with E-state index in [9.17, 15) is 14.0 Å². The van der Waals surface area contributed by atoms with Gasteiger partial charge >= 0.3 is 0 Å². The zero-order chi connectivity index (χ0) is 20.4. The van der Waals surface area contributed by atoms with Gasteiger partial charge in [-0.05, 0) is 42.0 Å². The Morgan fingerprint density at radius 1 is 1.24 bits per heavy atom. The molecule has 29 heavy (non-hydrogen) atoms. The van der Waals surface area contributed by atoms with Gasteiger partial charge in [-0.3, -0.25) is 9.59 Å². The number of methoxy groups -OCH3 is 1. The smallest absolute Gasteiger partial charge is 0.256 e. The Labute approximate surface area is 167 Å². The Hall–Kier alpha value is -3.48. The number of ether oxygens (including phenoxy) is 1. The van der Waals surface area contributed by atoms with Crippen LogP contribution in [-0.4, -0.2) is 34.4 Å². The number of aromatic nitrogens is 2. The topological polar surface area (TPSA) is 75.3 Å². The molecule has 0 radical (unpaired) electrons. The first-order chi connectivity index (χ1) is 14.0. The number of rotatable bonds is 4. The van der Waals surface area contributed by atoms with Gasteiger partial charge in [0.05, 0.1) is 24.9 Å². The molecule has 4 rings (SSSR count). The predicted molar refractivity (Wildman–Crippen MR) is 106 cm³/mol. The lowest BCUT2D eigenvalue weighted by atomic mass is 10.0. The Morgan fingerprint density at radius 3 is 2.76 bits per heavy atom. The highest BCUT2D eigenvalue weighted by molar-refractivity contribution is 5.94. The van der Waals surface area contributed by atoms with Crippen LogP contribution in [-0.2, 0) is 19.4 Å². The summed E-state index contributed by atoms with van der Waals surface area (Å²) in [4.78, 5) is 34.4. The minimum Gasteiger partial charge on any atom is -0.497 e. The number of amides is 1. The predicted octanol–water partition coefficient (Wildman–Crippen LogP) is 2.71. The number of aromatic amines is 1. The normalized spacial score (nSPS) is 13.1. The molecule has 0 atom stereocenters. The van der Waals surface area contributed by atoms with Crippen molar-refractivity contribution in [3.05, 3.63) is 92.9 Å². The third-order valence-corrected chi connectivity index (χ3v) is 5.00. The Kier molecular flexibility index (Phi) is 5.12. The van der Waals surface area contributed by atoms with E-state index >= 15 is 0 Å². The van der Waals surface area contributed by atoms with Crippen molar-refractivity contribution in [2.45, 2.75) is 19.4 Å². The van der Waals surface area contributed by atoms with Crippen LogP contribution in [0, 0.1) is 5.82 Å². The van der Waals surface area contributed by atoms with E-state index < -0.39 is 0 Å². The molecule has 7 heteroatoms. The molecular weight excluding hydrogens is 373 g/mol. The fraction of sp³-hybridized carbons (Fsp3) is 0.227. The van der Waals surface area contributed by atoms with Gasteiger partial charge in [0, 0.05) is 24.9 Å². The lowest BCUT2D eigenvalue weighted by molar-refractivity contribution is 0.0732. The maximum Gasteiger partial charge on any atom is 0.256 e. The highest BCUT2D eigenvalue weighted by Gasteiger charge is 2.25. The van der Waals surface area contributed by atoms with Gasteiger partial charge in [-0.15, -0.1) is 0 Å². The molecule has 1 N–H and O–H groups in total. The van der Waals surface area contributed by atoms with Crippen molar-refractivity contribution >= 4 is 5.91 Å². The molecule has 0 unspecified atom stereocenters. The van der Waals surface area contributed by atoms with Crippen molar-refractivity contribution in [3.8, 4) is 5.75 Å². The minimum atomic E-state index is -0.324. The molecule has 1 aliphatic heterocycles. The lowest BCUT2D eigenvalue weighted by Crippen LogP contribution is -2.39. The van der Waals surface area contributed by atoms with Crippen molar-refractivity contribution in [2.24, 2.45) is 0 Å². The SMILES string of the molecule is COc1ccc(C(=O)N2CCc3nc(Cc4cccc(F)c4)[nH]c(=O)c3C2)cc1. The van der Waals surface area contributed by atoms with Crippen molar-refractivity contribution in [3.63, 3.8) is 0 Å². The van der Waals surface area contributed by atoms with Crippen molar-refractivity contribution in [1.29, 1.82) is 0 Å². The maximum absolute atomic E-state index is 13.4. The van der Waals surface area contributed by atoms with E-state index in [1.807, 2.05) is 0 Å². The number of fused-ring (bicyclic) bond motifs is 1. The van der Waals surface area contributed by atoms with Crippen LogP contribution in [0.15, 0.2) is 53.3 Å². The van der Waals surface area contributed by atoms with Crippen LogP contribution < -0.4 is 10.3 Å². The molecule has 0 bridgehead atoms. The minimum absolute atomic E-state index is 0.137. The van der Waals surface area contributed by atoms with Gasteiger partial charge in [-0.2, -0.15) is 0 Å². The van der Waals surface area contributed by atoms with E-state index in [1.54, 1.807) is 48.4 Å². The second-order valence-electron chi connectivity index (χ2n) is 6.95. The third kappa shape index (κ3) is 4.03. The number of H-pyrrole nitrogens is 1. The summed E-state index contributed by atoms with van der Waals surface area (Å²) in [6.45, 7) is 0.691. The van der Waals surface area contributed by atoms with E-state index in [2.05, 4.69) is 9.97 Å². The summed E-state index contributed by atoms with van der Waals surface area (Å²) in [5.74, 6) is 0.711. The summed E-state index contributed by atoms with van der Waals surface area (Å²) in [6, 6.07) is 13.1. The summed E-state index contributed by atoms with van der Waals surface area (Å²) in [5, 5.41) is 0. The van der Waals surface area contributed by atoms with E-state index in [0.717, 1.165) is 5.56 Å². The number of halogens is 1. The lowest BCUT2D eigenvalue weighted by Gasteiger charge is -2.28. The van der Waals surface area contributed by atoms with Gasteiger partial charge in [0.2, 0.25) is 0 Å². The Morgan fingerprint density at radius 2 is 2.03 bits per heavy atom. The van der Waals surface area contributed by atoms with Crippen LogP contribution in [0.2, 0.25) is 0 Å². The van der Waals surface area contributed by atoms with Crippen molar-refractivity contribution < 1.29 is 13.9 Å². The molecule has 0 saturated heterocycles. The molecule has 1 aliphatic rings. The number of nitrogens with zero attached hydrogens (tertiary/aromatic N) is 2. The zero-order valence-corrected chi connectivity index (χ0v) is 15.9. The van der Waals surface area contributed by atoms with Gasteiger partial charge in [0.15, 0.2) is 0 Å². The highest BCUT2D eigenvalue weighted by atomic mass is 19.1. The molecule has 0 spiro atoms. The van der Waals surface area contributed by atoms with Crippen molar-refractivity contribution in [2.75, 3.05) is 13.7 Å². The molecule has 2 heterocycles. The zero-order valence-electron chi connectivity index (χ0n) is 15.9. The highest BCUT2D eigenvalue weighted by Crippen LogP contribution is 2.19. The number of carbonyl (C=O) groups excluding carboxylic acids is 1. The van der Waals surface area contributed by atoms with Gasteiger partial charge in [0.25, 0.3) is 11.5 Å². The van der Waals surface area contributed by atoms with Crippen molar-refractivity contribution in [1.82, 2.24) is 14.9 Å². The average molecular weight is 393 g/mol. The van der Waals surface area contributed by atoms with Crippen LogP contribution in [0.3, 0.4) is 0 Å². The van der Waals surface area contributed by atoms with E-state index in [1.165, 1.54) is 12.1 Å². The van der Waals surface area contributed by atoms with E-state index in [0.29, 0.717) is 47.8 Å². The monoisotopic (exact) mass is 393 g/mol. The van der Waals surface area contributed by atoms with Crippen LogP contribution in [0.1, 0.15) is 33.0 Å². The fourth-order valence-electron chi connectivity index (χ4n) is 3.49. The standard InChI is InChI=1S/C22H20FN3O3/c1-29-17-7-5-15(6-8-17)22(28)26-10-9-19-18(13-26)21(27)25-20(24-19)12-14-3-2-4-16(23)11-14/h2-8,11H,9-10,12-13H2,1H3,(H,24,25,27). The van der Waals surface area contributed by atoms with Gasteiger partial charge < -0.3 is 14.6 Å². The average Bonchev–Trinajstić information content (AvgIpc) is 2.73.